The Kier molecular flexibility index (Phi) is 4.91. The molecule has 7 heteroatoms. The van der Waals surface area contributed by atoms with Crippen LogP contribution in [0.2, 0.25) is 0 Å². The van der Waals surface area contributed by atoms with Crippen LogP contribution in [-0.4, -0.2) is 17.9 Å². The van der Waals surface area contributed by atoms with E-state index in [2.05, 4.69) is 15.9 Å². The summed E-state index contributed by atoms with van der Waals surface area (Å²) in [5.41, 5.74) is -4.28. The number of ether oxygens (including phenoxy) is 1. The Bertz CT molecular complexity index is 356. The lowest BCUT2D eigenvalue weighted by Gasteiger charge is -2.08. The lowest BCUT2D eigenvalue weighted by atomic mass is 10.3. The molecule has 16 heavy (non-hydrogen) atoms. The van der Waals surface area contributed by atoms with Crippen molar-refractivity contribution in [3.8, 4) is 5.75 Å². The zero-order valence-electron chi connectivity index (χ0n) is 7.85. The van der Waals surface area contributed by atoms with Crippen LogP contribution in [0, 0.1) is 5.82 Å². The molecule has 0 aliphatic carbocycles. The van der Waals surface area contributed by atoms with Crippen molar-refractivity contribution in [1.29, 1.82) is 0 Å². The van der Waals surface area contributed by atoms with E-state index in [0.29, 0.717) is 4.47 Å². The molecule has 90 valence electrons. The fourth-order valence-electron chi connectivity index (χ4n) is 0.897. The topological polar surface area (TPSA) is 9.23 Å². The molecule has 1 nitrogen and oxygen atoms in total. The van der Waals surface area contributed by atoms with Gasteiger partial charge in [0, 0.05) is 10.2 Å². The van der Waals surface area contributed by atoms with Crippen molar-refractivity contribution in [3.63, 3.8) is 0 Å². The summed E-state index contributed by atoms with van der Waals surface area (Å²) in [6.07, 6.45) is 0. The number of halogens is 5. The number of hydrogen-bond donors (Lipinski definition) is 0. The van der Waals surface area contributed by atoms with Crippen molar-refractivity contribution < 1.29 is 22.3 Å². The second kappa shape index (κ2) is 5.77. The predicted octanol–water partition coefficient (Wildman–Crippen LogP) is 4.22. The maximum Gasteiger partial charge on any atom is 0.441 e. The van der Waals surface area contributed by atoms with Gasteiger partial charge in [-0.1, -0.05) is 15.9 Å². The SMILES string of the molecule is Fc1ccc(Br)cc1OCCSC(F)(F)F. The standard InChI is InChI=1S/C9H7BrF4OS/c10-6-1-2-7(11)8(5-6)15-3-4-16-9(12,13)14/h1-2,5H,3-4H2. The van der Waals surface area contributed by atoms with Crippen molar-refractivity contribution in [2.24, 2.45) is 0 Å². The lowest BCUT2D eigenvalue weighted by molar-refractivity contribution is -0.0329. The van der Waals surface area contributed by atoms with Crippen molar-refractivity contribution in [2.45, 2.75) is 5.51 Å². The average Bonchev–Trinajstić information content (AvgIpc) is 2.16. The van der Waals surface area contributed by atoms with Gasteiger partial charge < -0.3 is 4.74 Å². The summed E-state index contributed by atoms with van der Waals surface area (Å²) in [5, 5.41) is 0. The van der Waals surface area contributed by atoms with E-state index in [4.69, 9.17) is 4.74 Å². The van der Waals surface area contributed by atoms with Gasteiger partial charge in [-0.3, -0.25) is 0 Å². The molecule has 0 saturated heterocycles. The minimum Gasteiger partial charge on any atom is -0.490 e. The number of thioether (sulfide) groups is 1. The van der Waals surface area contributed by atoms with E-state index in [1.165, 1.54) is 18.2 Å². The predicted molar refractivity (Wildman–Crippen MR) is 58.1 cm³/mol. The Hall–Kier alpha value is -0.430. The molecule has 0 aliphatic rings. The van der Waals surface area contributed by atoms with Gasteiger partial charge in [0.25, 0.3) is 0 Å². The van der Waals surface area contributed by atoms with E-state index in [-0.39, 0.29) is 29.9 Å². The van der Waals surface area contributed by atoms with Crippen LogP contribution >= 0.6 is 27.7 Å². The van der Waals surface area contributed by atoms with Gasteiger partial charge in [-0.15, -0.1) is 0 Å². The fourth-order valence-corrected chi connectivity index (χ4v) is 1.64. The van der Waals surface area contributed by atoms with Crippen LogP contribution in [0.3, 0.4) is 0 Å². The van der Waals surface area contributed by atoms with Gasteiger partial charge in [0.1, 0.15) is 0 Å². The monoisotopic (exact) mass is 318 g/mol. The first-order valence-corrected chi connectivity index (χ1v) is 5.95. The molecule has 1 rings (SSSR count). The lowest BCUT2D eigenvalue weighted by Crippen LogP contribution is -2.08. The molecule has 0 radical (unpaired) electrons. The third-order valence-electron chi connectivity index (χ3n) is 1.50. The molecule has 0 spiro atoms. The van der Waals surface area contributed by atoms with Gasteiger partial charge in [0.2, 0.25) is 0 Å². The van der Waals surface area contributed by atoms with Gasteiger partial charge in [-0.05, 0) is 30.0 Å². The van der Waals surface area contributed by atoms with Crippen LogP contribution in [-0.2, 0) is 0 Å². The van der Waals surface area contributed by atoms with Crippen LogP contribution < -0.4 is 4.74 Å². The van der Waals surface area contributed by atoms with Crippen LogP contribution in [0.4, 0.5) is 17.6 Å². The highest BCUT2D eigenvalue weighted by molar-refractivity contribution is 9.10. The summed E-state index contributed by atoms with van der Waals surface area (Å²) in [6, 6.07) is 4.02. The second-order valence-corrected chi connectivity index (χ2v) is 4.79. The summed E-state index contributed by atoms with van der Waals surface area (Å²) in [7, 11) is 0. The highest BCUT2D eigenvalue weighted by Crippen LogP contribution is 2.30. The third kappa shape index (κ3) is 5.07. The third-order valence-corrected chi connectivity index (χ3v) is 2.69. The van der Waals surface area contributed by atoms with E-state index >= 15 is 0 Å². The Morgan fingerprint density at radius 2 is 2.00 bits per heavy atom. The van der Waals surface area contributed by atoms with Crippen LogP contribution in [0.15, 0.2) is 22.7 Å². The van der Waals surface area contributed by atoms with Gasteiger partial charge in [-0.2, -0.15) is 13.2 Å². The normalized spacial score (nSPS) is 11.6. The summed E-state index contributed by atoms with van der Waals surface area (Å²) < 4.78 is 53.8. The van der Waals surface area contributed by atoms with E-state index in [0.717, 1.165) is 0 Å². The minimum atomic E-state index is -4.28. The highest BCUT2D eigenvalue weighted by Gasteiger charge is 2.27. The van der Waals surface area contributed by atoms with E-state index < -0.39 is 11.3 Å². The van der Waals surface area contributed by atoms with Gasteiger partial charge in [-0.25, -0.2) is 4.39 Å². The summed E-state index contributed by atoms with van der Waals surface area (Å²) in [5.74, 6) is -0.924. The van der Waals surface area contributed by atoms with Crippen molar-refractivity contribution in [2.75, 3.05) is 12.4 Å². The van der Waals surface area contributed by atoms with Gasteiger partial charge in [0.15, 0.2) is 11.6 Å². The molecule has 0 N–H and O–H groups in total. The molecule has 0 atom stereocenters. The molecule has 0 amide bonds. The number of rotatable bonds is 4. The van der Waals surface area contributed by atoms with Crippen molar-refractivity contribution in [1.82, 2.24) is 0 Å². The molecule has 1 aromatic rings. The first kappa shape index (κ1) is 13.6. The maximum atomic E-state index is 13.1. The molecule has 0 aromatic heterocycles. The molecule has 0 unspecified atom stereocenters. The summed E-state index contributed by atoms with van der Waals surface area (Å²) in [4.78, 5) is 0. The van der Waals surface area contributed by atoms with E-state index in [1.807, 2.05) is 0 Å². The highest BCUT2D eigenvalue weighted by atomic mass is 79.9. The molecule has 1 aromatic carbocycles. The maximum absolute atomic E-state index is 13.1. The van der Waals surface area contributed by atoms with E-state index in [1.54, 1.807) is 0 Å². The molecule has 0 aliphatic heterocycles. The largest absolute Gasteiger partial charge is 0.490 e. The molecule has 0 saturated carbocycles. The average molecular weight is 319 g/mol. The van der Waals surface area contributed by atoms with Crippen LogP contribution in [0.25, 0.3) is 0 Å². The second-order valence-electron chi connectivity index (χ2n) is 2.72. The Labute approximate surface area is 102 Å². The summed E-state index contributed by atoms with van der Waals surface area (Å²) >= 11 is 2.91. The van der Waals surface area contributed by atoms with Crippen molar-refractivity contribution >= 4 is 27.7 Å². The first-order chi connectivity index (χ1) is 7.38. The molecule has 0 bridgehead atoms. The zero-order chi connectivity index (χ0) is 12.2. The number of alkyl halides is 3. The van der Waals surface area contributed by atoms with Gasteiger partial charge in [0.05, 0.1) is 6.61 Å². The first-order valence-electron chi connectivity index (χ1n) is 4.17. The molecule has 0 fully saturated rings. The Morgan fingerprint density at radius 1 is 1.31 bits per heavy atom. The van der Waals surface area contributed by atoms with Gasteiger partial charge >= 0.3 is 5.51 Å². The fraction of sp³-hybridized carbons (Fsp3) is 0.333. The molecular weight excluding hydrogens is 312 g/mol. The van der Waals surface area contributed by atoms with E-state index in [9.17, 15) is 17.6 Å². The molecule has 0 heterocycles. The molecular formula is C9H7BrF4OS. The number of hydrogen-bond acceptors (Lipinski definition) is 2. The Balaban J connectivity index is 2.40. The summed E-state index contributed by atoms with van der Waals surface area (Å²) in [6.45, 7) is -0.197. The quantitative estimate of drug-likeness (QED) is 0.607. The Morgan fingerprint density at radius 3 is 2.62 bits per heavy atom. The van der Waals surface area contributed by atoms with Crippen LogP contribution in [0.5, 0.6) is 5.75 Å². The van der Waals surface area contributed by atoms with Crippen LogP contribution in [0.1, 0.15) is 0 Å². The zero-order valence-corrected chi connectivity index (χ0v) is 10.3. The van der Waals surface area contributed by atoms with Crippen molar-refractivity contribution in [3.05, 3.63) is 28.5 Å². The minimum absolute atomic E-state index is 0.0582. The smallest absolute Gasteiger partial charge is 0.441 e. The number of benzene rings is 1.